The molecule has 6 aliphatic rings. The third-order valence-corrected chi connectivity index (χ3v) is 19.8. The van der Waals surface area contributed by atoms with Crippen LogP contribution in [0.5, 0.6) is 0 Å². The second kappa shape index (κ2) is 23.5. The maximum absolute atomic E-state index is 15.9. The van der Waals surface area contributed by atoms with Crippen LogP contribution >= 0.6 is 29.1 Å². The lowest BCUT2D eigenvalue weighted by atomic mass is 10.1. The first kappa shape index (κ1) is 62.8. The van der Waals surface area contributed by atoms with Crippen molar-refractivity contribution < 1.29 is 101 Å². The van der Waals surface area contributed by atoms with Crippen LogP contribution in [0.4, 0.5) is 40.8 Å². The number of hydrogen-bond donors (Lipinski definition) is 10. The van der Waals surface area contributed by atoms with E-state index in [0.29, 0.717) is 0 Å². The molecule has 38 nitrogen and oxygen atoms in total. The van der Waals surface area contributed by atoms with Gasteiger partial charge < -0.3 is 70.5 Å². The number of rotatable bonds is 4. The van der Waals surface area contributed by atoms with Crippen LogP contribution in [0.3, 0.4) is 0 Å². The van der Waals surface area contributed by atoms with Gasteiger partial charge in [-0.2, -0.15) is 9.97 Å². The molecule has 20 atom stereocenters. The Morgan fingerprint density at radius 3 is 1.20 bits per heavy atom. The highest BCUT2D eigenvalue weighted by molar-refractivity contribution is 8.07. The fourth-order valence-corrected chi connectivity index (χ4v) is 15.4. The number of aromatic nitrogens is 14. The van der Waals surface area contributed by atoms with E-state index in [-0.39, 0.29) is 67.9 Å². The molecule has 0 amide bonds. The summed E-state index contributed by atoms with van der Waals surface area (Å²) in [4.78, 5) is 105. The third-order valence-electron chi connectivity index (χ3n) is 14.7. The highest BCUT2D eigenvalue weighted by Crippen LogP contribution is 2.57. The van der Waals surface area contributed by atoms with Crippen molar-refractivity contribution in [3.63, 3.8) is 0 Å². The van der Waals surface area contributed by atoms with E-state index in [1.807, 2.05) is 0 Å². The molecule has 4 unspecified atom stereocenters. The van der Waals surface area contributed by atoms with Gasteiger partial charge in [0.05, 0.1) is 63.1 Å². The van der Waals surface area contributed by atoms with Crippen LogP contribution in [0.2, 0.25) is 0 Å². The van der Waals surface area contributed by atoms with E-state index in [9.17, 15) is 38.3 Å². The summed E-state index contributed by atoms with van der Waals surface area (Å²) in [6, 6.07) is 2.99. The predicted molar refractivity (Wildman–Crippen MR) is 300 cm³/mol. The average molecular weight is 1390 g/mol. The van der Waals surface area contributed by atoms with Gasteiger partial charge in [-0.05, 0) is 35.7 Å². The minimum absolute atomic E-state index is 0.126. The van der Waals surface area contributed by atoms with E-state index in [2.05, 4.69) is 49.8 Å². The van der Waals surface area contributed by atoms with Gasteiger partial charge in [-0.1, -0.05) is 0 Å². The number of imidazole rings is 4. The van der Waals surface area contributed by atoms with E-state index >= 15 is 17.6 Å². The molecule has 6 saturated heterocycles. The standard InChI is InChI=1S/2C21H23F2N9O10P2S/c2*22-10-8-3-37-43(34,35)41-14-9(40-19(11(14)23)31-5-27-12-7(24)1-2-26-16(12)31)4-38-44(36,45)42-15(10)20(39-8)32-6-28-13-17(32)29-21(25)30-18(13)33/h2*1-2,5-6,8-11,14-15,19-20H,3-4H2,(H2,24,26)(H,34,35)(H,36,45)(H3,25,29,30,33)/t2*8-,9-,10-,11+,14-,15-,19-,20-,44?/m11/s1. The molecule has 6 fully saturated rings. The fourth-order valence-electron chi connectivity index (χ4n) is 10.6. The van der Waals surface area contributed by atoms with Gasteiger partial charge in [0.1, 0.15) is 59.9 Å². The molecule has 0 radical (unpaired) electrons. The largest absolute Gasteiger partial charge is 0.472 e. The van der Waals surface area contributed by atoms with E-state index < -0.39 is 165 Å². The van der Waals surface area contributed by atoms with Crippen molar-refractivity contribution in [2.75, 3.05) is 49.4 Å². The Morgan fingerprint density at radius 2 is 0.811 bits per heavy atom. The molecule has 48 heteroatoms. The number of nitrogens with zero attached hydrogens (tertiary/aromatic N) is 12. The summed E-state index contributed by atoms with van der Waals surface area (Å²) in [5.41, 5.74) is 22.5. The van der Waals surface area contributed by atoms with Crippen LogP contribution in [0.1, 0.15) is 24.9 Å². The van der Waals surface area contributed by atoms with Crippen molar-refractivity contribution in [3.8, 4) is 0 Å². The first-order valence-corrected chi connectivity index (χ1v) is 34.2. The Morgan fingerprint density at radius 1 is 0.467 bits per heavy atom. The number of nitrogen functional groups attached to an aromatic ring is 4. The summed E-state index contributed by atoms with van der Waals surface area (Å²) in [5, 5.41) is 0. The van der Waals surface area contributed by atoms with Gasteiger partial charge in [-0.15, -0.1) is 0 Å². The number of halogens is 4. The summed E-state index contributed by atoms with van der Waals surface area (Å²) in [5.74, 6) is -0.563. The number of fused-ring (bicyclic) bond motifs is 10. The second-order valence-corrected chi connectivity index (χ2v) is 28.8. The molecule has 4 bridgehead atoms. The Hall–Kier alpha value is -6.02. The number of H-pyrrole nitrogens is 2. The van der Waals surface area contributed by atoms with Crippen LogP contribution in [0.15, 0.2) is 59.4 Å². The van der Waals surface area contributed by atoms with Crippen molar-refractivity contribution in [1.29, 1.82) is 0 Å². The number of pyridine rings is 2. The molecule has 484 valence electrons. The molecular formula is C42H46F4N18O20P4S2. The molecule has 0 saturated carbocycles. The number of alkyl halides is 4. The van der Waals surface area contributed by atoms with Crippen LogP contribution in [0.25, 0.3) is 44.7 Å². The first-order valence-electron chi connectivity index (χ1n) is 26.0. The van der Waals surface area contributed by atoms with Gasteiger partial charge in [0.25, 0.3) is 11.1 Å². The number of anilines is 4. The van der Waals surface area contributed by atoms with Gasteiger partial charge in [0.2, 0.25) is 11.9 Å². The lowest BCUT2D eigenvalue weighted by molar-refractivity contribution is -0.0630. The maximum atomic E-state index is 15.9. The summed E-state index contributed by atoms with van der Waals surface area (Å²) >= 11 is 10.3. The summed E-state index contributed by atoms with van der Waals surface area (Å²) in [6.45, 7) is -12.1. The van der Waals surface area contributed by atoms with Crippen LogP contribution in [0, 0.1) is 0 Å². The van der Waals surface area contributed by atoms with Crippen molar-refractivity contribution in [2.24, 2.45) is 0 Å². The van der Waals surface area contributed by atoms with Crippen molar-refractivity contribution in [3.05, 3.63) is 70.5 Å². The molecule has 0 aliphatic carbocycles. The summed E-state index contributed by atoms with van der Waals surface area (Å²) < 4.78 is 159. The Kier molecular flexibility index (Phi) is 16.4. The SMILES string of the molecule is Nc1nc2c(ncn2[C@@H]2O[C@@H]3COP(=O)(O)O[C@H]4[C@H](F)[C@H](n5cnc6c(N)ccnc65)O[C@@H]4COP(O)(=S)O[C@@H]2[C@@H]3F)c(=O)[nH]1.Nc1nc2c(ncn2[C@@H]2O[C@@H]3COP(=O)(O)O[C@H]4[C@H](F)[C@H](n5cnc6c(N)ccnc65)O[C@@H]4COP(O)(=S)O[C@@H]2[C@@H]3F)c(=O)[nH]1. The smallest absolute Gasteiger partial charge is 0.397 e. The zero-order valence-electron chi connectivity index (χ0n) is 44.8. The summed E-state index contributed by atoms with van der Waals surface area (Å²) in [7, 11) is -10.3. The molecule has 90 heavy (non-hydrogen) atoms. The van der Waals surface area contributed by atoms with Crippen molar-refractivity contribution >= 4 is 121 Å². The van der Waals surface area contributed by atoms with Crippen molar-refractivity contribution in [2.45, 2.75) is 98.4 Å². The van der Waals surface area contributed by atoms with E-state index in [1.54, 1.807) is 0 Å². The van der Waals surface area contributed by atoms with Gasteiger partial charge in [-0.3, -0.25) is 65.0 Å². The van der Waals surface area contributed by atoms with Crippen molar-refractivity contribution in [1.82, 2.24) is 68.1 Å². The number of nitrogens with one attached hydrogen (secondary N) is 2. The molecule has 14 rings (SSSR count). The minimum Gasteiger partial charge on any atom is -0.397 e. The van der Waals surface area contributed by atoms with Crippen LogP contribution < -0.4 is 34.1 Å². The summed E-state index contributed by atoms with van der Waals surface area (Å²) in [6.07, 6.45) is -20.6. The highest BCUT2D eigenvalue weighted by atomic mass is 32.5. The minimum atomic E-state index is -5.14. The zero-order chi connectivity index (χ0) is 63.7. The first-order chi connectivity index (χ1) is 42.6. The quantitative estimate of drug-likeness (QED) is 0.0855. The fraction of sp³-hybridized carbons (Fsp3) is 0.476. The Labute approximate surface area is 506 Å². The molecule has 8 aromatic rings. The molecule has 14 heterocycles. The molecular weight excluding hydrogens is 1340 g/mol. The molecule has 0 aromatic carbocycles. The number of phosphoric ester groups is 2. The lowest BCUT2D eigenvalue weighted by Gasteiger charge is -2.27. The van der Waals surface area contributed by atoms with Gasteiger partial charge in [0, 0.05) is 12.4 Å². The number of hydrogen-bond acceptors (Lipinski definition) is 30. The van der Waals surface area contributed by atoms with E-state index in [4.69, 9.17) is 102 Å². The van der Waals surface area contributed by atoms with E-state index in [0.717, 1.165) is 21.8 Å². The monoisotopic (exact) mass is 1390 g/mol. The Bertz CT molecular complexity index is 4170. The van der Waals surface area contributed by atoms with Gasteiger partial charge in [0.15, 0.2) is 83.2 Å². The second-order valence-electron chi connectivity index (χ2n) is 20.4. The topological polar surface area (TPSA) is 518 Å². The zero-order valence-corrected chi connectivity index (χ0v) is 50.0. The highest BCUT2D eigenvalue weighted by Gasteiger charge is 2.57. The molecule has 6 aliphatic heterocycles. The maximum Gasteiger partial charge on any atom is 0.472 e. The Balaban J connectivity index is 0.000000165. The van der Waals surface area contributed by atoms with Gasteiger partial charge >= 0.3 is 29.1 Å². The number of ether oxygens (including phenoxy) is 4. The number of nitrogens with two attached hydrogens (primary N) is 4. The number of phosphoric acid groups is 2. The third kappa shape index (κ3) is 11.7. The van der Waals surface area contributed by atoms with Crippen LogP contribution in [-0.4, -0.2) is 188 Å². The molecule has 0 spiro atoms. The van der Waals surface area contributed by atoms with Gasteiger partial charge in [-0.25, -0.2) is 56.6 Å². The molecule has 14 N–H and O–H groups in total. The molecule has 8 aromatic heterocycles. The predicted octanol–water partition coefficient (Wildman–Crippen LogP) is 0.669. The van der Waals surface area contributed by atoms with Crippen LogP contribution in [-0.2, 0) is 87.9 Å². The average Bonchev–Trinajstić information content (AvgIpc) is 1.81. The lowest BCUT2D eigenvalue weighted by Crippen LogP contribution is -2.34. The van der Waals surface area contributed by atoms with E-state index in [1.165, 1.54) is 46.3 Å². The normalized spacial score (nSPS) is 37.7. The number of aromatic amines is 2.